The van der Waals surface area contributed by atoms with Crippen LogP contribution in [0.25, 0.3) is 0 Å². The molecule has 2 heterocycles. The highest BCUT2D eigenvalue weighted by molar-refractivity contribution is 5.79. The molecule has 7 nitrogen and oxygen atoms in total. The largest absolute Gasteiger partial charge is 0.497 e. The van der Waals surface area contributed by atoms with Crippen LogP contribution in [0.5, 0.6) is 5.75 Å². The van der Waals surface area contributed by atoms with Gasteiger partial charge in [0.1, 0.15) is 11.6 Å². The zero-order valence-corrected chi connectivity index (χ0v) is 14.2. The van der Waals surface area contributed by atoms with Gasteiger partial charge in [0.25, 0.3) is 0 Å². The molecule has 1 aliphatic heterocycles. The molecule has 0 atom stereocenters. The smallest absolute Gasteiger partial charge is 0.191 e. The summed E-state index contributed by atoms with van der Waals surface area (Å²) < 4.78 is 7.46. The molecule has 1 aromatic heterocycles. The van der Waals surface area contributed by atoms with Crippen LogP contribution in [0.1, 0.15) is 30.1 Å². The molecule has 0 saturated heterocycles. The SMILES string of the molecule is CN=C(NCc1cccc(OC)c1)NCc1nnc2n1CCCC2. The van der Waals surface area contributed by atoms with Gasteiger partial charge >= 0.3 is 0 Å². The number of rotatable bonds is 5. The Kier molecular flexibility index (Phi) is 5.30. The van der Waals surface area contributed by atoms with Gasteiger partial charge in [-0.05, 0) is 30.5 Å². The number of aryl methyl sites for hydroxylation is 1. The van der Waals surface area contributed by atoms with Gasteiger partial charge in [-0.25, -0.2) is 0 Å². The van der Waals surface area contributed by atoms with Crippen LogP contribution in [0.3, 0.4) is 0 Å². The average molecular weight is 328 g/mol. The molecular weight excluding hydrogens is 304 g/mol. The summed E-state index contributed by atoms with van der Waals surface area (Å²) in [6.07, 6.45) is 3.42. The van der Waals surface area contributed by atoms with Gasteiger partial charge in [-0.15, -0.1) is 10.2 Å². The molecule has 1 aliphatic rings. The van der Waals surface area contributed by atoms with Gasteiger partial charge in [-0.1, -0.05) is 12.1 Å². The maximum atomic E-state index is 5.25. The number of guanidine groups is 1. The Balaban J connectivity index is 1.54. The van der Waals surface area contributed by atoms with Crippen molar-refractivity contribution in [2.24, 2.45) is 4.99 Å². The summed E-state index contributed by atoms with van der Waals surface area (Å²) in [7, 11) is 3.44. The predicted molar refractivity (Wildman–Crippen MR) is 93.0 cm³/mol. The summed E-state index contributed by atoms with van der Waals surface area (Å²) in [5, 5.41) is 15.2. The minimum absolute atomic E-state index is 0.616. The quantitative estimate of drug-likeness (QED) is 0.642. The fourth-order valence-corrected chi connectivity index (χ4v) is 2.85. The van der Waals surface area contributed by atoms with Crippen LogP contribution in [0.2, 0.25) is 0 Å². The molecule has 0 saturated carbocycles. The Morgan fingerprint density at radius 1 is 1.25 bits per heavy atom. The Bertz CT molecular complexity index is 709. The van der Waals surface area contributed by atoms with Crippen LogP contribution in [-0.2, 0) is 26.1 Å². The summed E-state index contributed by atoms with van der Waals surface area (Å²) in [6, 6.07) is 7.98. The minimum atomic E-state index is 0.616. The van der Waals surface area contributed by atoms with E-state index < -0.39 is 0 Å². The molecule has 1 aromatic carbocycles. The van der Waals surface area contributed by atoms with Crippen LogP contribution in [0.15, 0.2) is 29.3 Å². The van der Waals surface area contributed by atoms with Gasteiger partial charge in [-0.3, -0.25) is 4.99 Å². The first-order valence-electron chi connectivity index (χ1n) is 8.28. The lowest BCUT2D eigenvalue weighted by Gasteiger charge is -2.16. The number of benzene rings is 1. The highest BCUT2D eigenvalue weighted by atomic mass is 16.5. The van der Waals surface area contributed by atoms with Gasteiger partial charge in [-0.2, -0.15) is 0 Å². The second-order valence-electron chi connectivity index (χ2n) is 5.77. The van der Waals surface area contributed by atoms with Gasteiger partial charge in [0.15, 0.2) is 11.8 Å². The fourth-order valence-electron chi connectivity index (χ4n) is 2.85. The number of fused-ring (bicyclic) bond motifs is 1. The van der Waals surface area contributed by atoms with E-state index in [1.807, 2.05) is 18.2 Å². The highest BCUT2D eigenvalue weighted by Crippen LogP contribution is 2.14. The summed E-state index contributed by atoms with van der Waals surface area (Å²) in [4.78, 5) is 4.26. The molecule has 3 rings (SSSR count). The lowest BCUT2D eigenvalue weighted by molar-refractivity contribution is 0.414. The average Bonchev–Trinajstić information content (AvgIpc) is 3.05. The van der Waals surface area contributed by atoms with E-state index in [1.54, 1.807) is 14.2 Å². The van der Waals surface area contributed by atoms with Gasteiger partial charge in [0, 0.05) is 26.6 Å². The second kappa shape index (κ2) is 7.81. The van der Waals surface area contributed by atoms with Gasteiger partial charge in [0.2, 0.25) is 0 Å². The zero-order valence-electron chi connectivity index (χ0n) is 14.2. The molecule has 0 radical (unpaired) electrons. The molecule has 7 heteroatoms. The van der Waals surface area contributed by atoms with Crippen LogP contribution >= 0.6 is 0 Å². The molecule has 0 spiro atoms. The summed E-state index contributed by atoms with van der Waals surface area (Å²) in [5.74, 6) is 3.66. The minimum Gasteiger partial charge on any atom is -0.497 e. The third-order valence-electron chi connectivity index (χ3n) is 4.17. The van der Waals surface area contributed by atoms with Crippen molar-refractivity contribution in [2.45, 2.75) is 38.9 Å². The molecule has 24 heavy (non-hydrogen) atoms. The normalized spacial score (nSPS) is 14.2. The molecule has 2 N–H and O–H groups in total. The molecule has 128 valence electrons. The lowest BCUT2D eigenvalue weighted by Crippen LogP contribution is -2.37. The van der Waals surface area contributed by atoms with Crippen LogP contribution in [-0.4, -0.2) is 34.9 Å². The third-order valence-corrected chi connectivity index (χ3v) is 4.17. The van der Waals surface area contributed by atoms with Gasteiger partial charge < -0.3 is 19.9 Å². The van der Waals surface area contributed by atoms with E-state index in [1.165, 1.54) is 12.8 Å². The number of hydrogen-bond acceptors (Lipinski definition) is 4. The van der Waals surface area contributed by atoms with Crippen molar-refractivity contribution < 1.29 is 4.74 Å². The van der Waals surface area contributed by atoms with E-state index >= 15 is 0 Å². The van der Waals surface area contributed by atoms with Crippen LogP contribution < -0.4 is 15.4 Å². The van der Waals surface area contributed by atoms with E-state index in [0.717, 1.165) is 41.9 Å². The van der Waals surface area contributed by atoms with Crippen molar-refractivity contribution >= 4 is 5.96 Å². The summed E-state index contributed by atoms with van der Waals surface area (Å²) in [5.41, 5.74) is 1.14. The number of methoxy groups -OCH3 is 1. The molecule has 0 bridgehead atoms. The first-order chi connectivity index (χ1) is 11.8. The molecule has 0 amide bonds. The molecule has 0 unspecified atom stereocenters. The number of nitrogens with zero attached hydrogens (tertiary/aromatic N) is 4. The van der Waals surface area contributed by atoms with Gasteiger partial charge in [0.05, 0.1) is 13.7 Å². The monoisotopic (exact) mass is 328 g/mol. The van der Waals surface area contributed by atoms with E-state index in [4.69, 9.17) is 4.74 Å². The Labute approximate surface area is 142 Å². The summed E-state index contributed by atoms with van der Waals surface area (Å²) in [6.45, 7) is 2.30. The van der Waals surface area contributed by atoms with E-state index in [9.17, 15) is 0 Å². The Morgan fingerprint density at radius 3 is 2.96 bits per heavy atom. The number of aliphatic imine (C=N–C) groups is 1. The number of aromatic nitrogens is 3. The van der Waals surface area contributed by atoms with E-state index in [-0.39, 0.29) is 0 Å². The van der Waals surface area contributed by atoms with Crippen molar-refractivity contribution in [1.82, 2.24) is 25.4 Å². The summed E-state index contributed by atoms with van der Waals surface area (Å²) >= 11 is 0. The van der Waals surface area contributed by atoms with E-state index in [0.29, 0.717) is 13.1 Å². The number of nitrogens with one attached hydrogen (secondary N) is 2. The van der Waals surface area contributed by atoms with Crippen molar-refractivity contribution in [1.29, 1.82) is 0 Å². The maximum absolute atomic E-state index is 5.25. The first kappa shape index (κ1) is 16.3. The Morgan fingerprint density at radius 2 is 2.12 bits per heavy atom. The fraction of sp³-hybridized carbons (Fsp3) is 0.471. The second-order valence-corrected chi connectivity index (χ2v) is 5.77. The van der Waals surface area contributed by atoms with Crippen molar-refractivity contribution in [3.63, 3.8) is 0 Å². The molecule has 0 aliphatic carbocycles. The molecular formula is C17H24N6O. The number of hydrogen-bond donors (Lipinski definition) is 2. The van der Waals surface area contributed by atoms with Crippen molar-refractivity contribution in [3.05, 3.63) is 41.5 Å². The van der Waals surface area contributed by atoms with Crippen molar-refractivity contribution in [2.75, 3.05) is 14.2 Å². The molecule has 0 fully saturated rings. The first-order valence-corrected chi connectivity index (χ1v) is 8.28. The topological polar surface area (TPSA) is 76.4 Å². The number of ether oxygens (including phenoxy) is 1. The zero-order chi connectivity index (χ0) is 16.8. The van der Waals surface area contributed by atoms with Crippen molar-refractivity contribution in [3.8, 4) is 5.75 Å². The standard InChI is InChI=1S/C17H24N6O/c1-18-17(19-11-13-6-5-7-14(10-13)24-2)20-12-16-22-21-15-8-3-4-9-23(15)16/h5-7,10H,3-4,8-9,11-12H2,1-2H3,(H2,18,19,20). The molecule has 2 aromatic rings. The van der Waals surface area contributed by atoms with Crippen LogP contribution in [0.4, 0.5) is 0 Å². The maximum Gasteiger partial charge on any atom is 0.191 e. The Hall–Kier alpha value is -2.57. The highest BCUT2D eigenvalue weighted by Gasteiger charge is 2.15. The van der Waals surface area contributed by atoms with E-state index in [2.05, 4.69) is 36.5 Å². The van der Waals surface area contributed by atoms with Crippen LogP contribution in [0, 0.1) is 0 Å². The predicted octanol–water partition coefficient (Wildman–Crippen LogP) is 1.49. The lowest BCUT2D eigenvalue weighted by atomic mass is 10.2. The third kappa shape index (κ3) is 3.84.